The first-order valence-corrected chi connectivity index (χ1v) is 7.16. The summed E-state index contributed by atoms with van der Waals surface area (Å²) in [7, 11) is 0. The maximum Gasteiger partial charge on any atom is 0.272 e. The van der Waals surface area contributed by atoms with Crippen molar-refractivity contribution in [1.29, 1.82) is 0 Å². The molecule has 0 saturated heterocycles. The van der Waals surface area contributed by atoms with Gasteiger partial charge in [0.25, 0.3) is 5.91 Å². The number of amides is 1. The number of hydrogen-bond donors (Lipinski definition) is 1. The summed E-state index contributed by atoms with van der Waals surface area (Å²) in [6, 6.07) is 17.7. The Morgan fingerprint density at radius 2 is 1.71 bits per heavy atom. The predicted molar refractivity (Wildman–Crippen MR) is 86.7 cm³/mol. The number of hydrogen-bond acceptors (Lipinski definition) is 1. The van der Waals surface area contributed by atoms with Crippen molar-refractivity contribution in [3.63, 3.8) is 0 Å². The summed E-state index contributed by atoms with van der Waals surface area (Å²) >= 11 is 0. The van der Waals surface area contributed by atoms with E-state index in [4.69, 9.17) is 0 Å². The molecule has 0 radical (unpaired) electrons. The molecule has 0 spiro atoms. The number of para-hydroxylation sites is 2. The van der Waals surface area contributed by atoms with Gasteiger partial charge in [-0.15, -0.1) is 0 Å². The summed E-state index contributed by atoms with van der Waals surface area (Å²) in [4.78, 5) is 12.7. The zero-order chi connectivity index (χ0) is 14.8. The van der Waals surface area contributed by atoms with Crippen LogP contribution in [0.5, 0.6) is 0 Å². The SMILES string of the molecule is CCn1c(C(=O)Nc2ccccc2)c(C)c2ccccc21. The first kappa shape index (κ1) is 13.4. The van der Waals surface area contributed by atoms with Gasteiger partial charge in [-0.1, -0.05) is 36.4 Å². The summed E-state index contributed by atoms with van der Waals surface area (Å²) in [5.74, 6) is -0.0586. The summed E-state index contributed by atoms with van der Waals surface area (Å²) in [5.41, 5.74) is 3.69. The van der Waals surface area contributed by atoms with Crippen molar-refractivity contribution in [1.82, 2.24) is 4.57 Å². The number of carbonyl (C=O) groups excluding carboxylic acids is 1. The van der Waals surface area contributed by atoms with Crippen LogP contribution < -0.4 is 5.32 Å². The second-order valence-electron chi connectivity index (χ2n) is 5.06. The van der Waals surface area contributed by atoms with Crippen molar-refractivity contribution < 1.29 is 4.79 Å². The number of nitrogens with one attached hydrogen (secondary N) is 1. The minimum Gasteiger partial charge on any atom is -0.337 e. The molecule has 0 saturated carbocycles. The van der Waals surface area contributed by atoms with Crippen LogP contribution in [0.15, 0.2) is 54.6 Å². The Morgan fingerprint density at radius 3 is 2.43 bits per heavy atom. The number of carbonyl (C=O) groups is 1. The van der Waals surface area contributed by atoms with Gasteiger partial charge in [-0.25, -0.2) is 0 Å². The largest absolute Gasteiger partial charge is 0.337 e. The Balaban J connectivity index is 2.07. The quantitative estimate of drug-likeness (QED) is 0.764. The number of benzene rings is 2. The Labute approximate surface area is 124 Å². The van der Waals surface area contributed by atoms with Crippen LogP contribution in [-0.4, -0.2) is 10.5 Å². The van der Waals surface area contributed by atoms with E-state index in [-0.39, 0.29) is 5.91 Å². The summed E-state index contributed by atoms with van der Waals surface area (Å²) in [6.07, 6.45) is 0. The molecule has 106 valence electrons. The first-order chi connectivity index (χ1) is 10.2. The molecule has 3 rings (SSSR count). The zero-order valence-corrected chi connectivity index (χ0v) is 12.3. The number of aryl methyl sites for hydroxylation is 2. The molecule has 21 heavy (non-hydrogen) atoms. The van der Waals surface area contributed by atoms with Crippen molar-refractivity contribution in [2.75, 3.05) is 5.32 Å². The molecule has 0 aliphatic heterocycles. The van der Waals surface area contributed by atoms with Gasteiger partial charge in [0.1, 0.15) is 5.69 Å². The van der Waals surface area contributed by atoms with Crippen LogP contribution in [-0.2, 0) is 6.54 Å². The maximum atomic E-state index is 12.7. The molecule has 3 aromatic rings. The molecule has 3 nitrogen and oxygen atoms in total. The highest BCUT2D eigenvalue weighted by Crippen LogP contribution is 2.26. The Bertz CT molecular complexity index is 788. The molecule has 1 heterocycles. The maximum absolute atomic E-state index is 12.7. The monoisotopic (exact) mass is 278 g/mol. The highest BCUT2D eigenvalue weighted by Gasteiger charge is 2.19. The lowest BCUT2D eigenvalue weighted by Crippen LogP contribution is -2.17. The van der Waals surface area contributed by atoms with Crippen molar-refractivity contribution in [2.45, 2.75) is 20.4 Å². The van der Waals surface area contributed by atoms with E-state index in [0.29, 0.717) is 0 Å². The fourth-order valence-corrected chi connectivity index (χ4v) is 2.81. The zero-order valence-electron chi connectivity index (χ0n) is 12.3. The van der Waals surface area contributed by atoms with Crippen LogP contribution in [0, 0.1) is 6.92 Å². The van der Waals surface area contributed by atoms with Gasteiger partial charge in [0.15, 0.2) is 0 Å². The topological polar surface area (TPSA) is 34.0 Å². The van der Waals surface area contributed by atoms with Gasteiger partial charge in [0.05, 0.1) is 0 Å². The third-order valence-corrected chi connectivity index (χ3v) is 3.79. The van der Waals surface area contributed by atoms with Crippen LogP contribution in [0.4, 0.5) is 5.69 Å². The fourth-order valence-electron chi connectivity index (χ4n) is 2.81. The molecule has 0 aliphatic carbocycles. The molecule has 1 amide bonds. The predicted octanol–water partition coefficient (Wildman–Crippen LogP) is 4.22. The second kappa shape index (κ2) is 5.44. The number of anilines is 1. The van der Waals surface area contributed by atoms with Crippen LogP contribution >= 0.6 is 0 Å². The van der Waals surface area contributed by atoms with Crippen LogP contribution in [0.25, 0.3) is 10.9 Å². The van der Waals surface area contributed by atoms with Gasteiger partial charge in [0.2, 0.25) is 0 Å². The lowest BCUT2D eigenvalue weighted by Gasteiger charge is -2.09. The molecule has 0 unspecified atom stereocenters. The van der Waals surface area contributed by atoms with Gasteiger partial charge < -0.3 is 9.88 Å². The lowest BCUT2D eigenvalue weighted by atomic mass is 10.1. The fraction of sp³-hybridized carbons (Fsp3) is 0.167. The van der Waals surface area contributed by atoms with E-state index >= 15 is 0 Å². The standard InChI is InChI=1S/C18H18N2O/c1-3-20-16-12-8-7-11-15(16)13(2)17(20)18(21)19-14-9-5-4-6-10-14/h4-12H,3H2,1-2H3,(H,19,21). The molecular formula is C18H18N2O. The van der Waals surface area contributed by atoms with Gasteiger partial charge in [0, 0.05) is 23.1 Å². The molecule has 0 aliphatic rings. The second-order valence-corrected chi connectivity index (χ2v) is 5.06. The summed E-state index contributed by atoms with van der Waals surface area (Å²) in [5, 5.41) is 4.11. The third kappa shape index (κ3) is 2.31. The average Bonchev–Trinajstić information content (AvgIpc) is 2.81. The highest BCUT2D eigenvalue weighted by molar-refractivity contribution is 6.08. The smallest absolute Gasteiger partial charge is 0.272 e. The normalized spacial score (nSPS) is 10.8. The van der Waals surface area contributed by atoms with E-state index in [1.54, 1.807) is 0 Å². The van der Waals surface area contributed by atoms with Gasteiger partial charge in [-0.2, -0.15) is 0 Å². The van der Waals surface area contributed by atoms with Crippen molar-refractivity contribution in [2.24, 2.45) is 0 Å². The molecular weight excluding hydrogens is 260 g/mol. The highest BCUT2D eigenvalue weighted by atomic mass is 16.2. The molecule has 0 atom stereocenters. The molecule has 1 N–H and O–H groups in total. The third-order valence-electron chi connectivity index (χ3n) is 3.79. The summed E-state index contributed by atoms with van der Waals surface area (Å²) < 4.78 is 2.07. The Morgan fingerprint density at radius 1 is 1.05 bits per heavy atom. The van der Waals surface area contributed by atoms with Crippen LogP contribution in [0.1, 0.15) is 23.0 Å². The minimum atomic E-state index is -0.0586. The first-order valence-electron chi connectivity index (χ1n) is 7.16. The number of aromatic nitrogens is 1. The van der Waals surface area contributed by atoms with E-state index < -0.39 is 0 Å². The van der Waals surface area contributed by atoms with E-state index in [2.05, 4.69) is 28.9 Å². The van der Waals surface area contributed by atoms with Gasteiger partial charge in [-0.3, -0.25) is 4.79 Å². The molecule has 0 bridgehead atoms. The van der Waals surface area contributed by atoms with Crippen molar-refractivity contribution >= 4 is 22.5 Å². The van der Waals surface area contributed by atoms with Crippen LogP contribution in [0.2, 0.25) is 0 Å². The number of fused-ring (bicyclic) bond motifs is 1. The minimum absolute atomic E-state index is 0.0586. The molecule has 0 fully saturated rings. The Hall–Kier alpha value is -2.55. The van der Waals surface area contributed by atoms with Crippen LogP contribution in [0.3, 0.4) is 0 Å². The molecule has 1 aromatic heterocycles. The lowest BCUT2D eigenvalue weighted by molar-refractivity contribution is 0.101. The number of nitrogens with zero attached hydrogens (tertiary/aromatic N) is 1. The van der Waals surface area contributed by atoms with Crippen molar-refractivity contribution in [3.8, 4) is 0 Å². The molecule has 2 aromatic carbocycles. The van der Waals surface area contributed by atoms with E-state index in [1.165, 1.54) is 0 Å². The molecule has 3 heteroatoms. The van der Waals surface area contributed by atoms with E-state index in [0.717, 1.165) is 34.4 Å². The van der Waals surface area contributed by atoms with E-state index in [9.17, 15) is 4.79 Å². The average molecular weight is 278 g/mol. The number of rotatable bonds is 3. The van der Waals surface area contributed by atoms with E-state index in [1.807, 2.05) is 49.4 Å². The summed E-state index contributed by atoms with van der Waals surface area (Å²) in [6.45, 7) is 4.84. The van der Waals surface area contributed by atoms with Gasteiger partial charge >= 0.3 is 0 Å². The van der Waals surface area contributed by atoms with Gasteiger partial charge in [-0.05, 0) is 37.6 Å². The van der Waals surface area contributed by atoms with Crippen molar-refractivity contribution in [3.05, 3.63) is 65.9 Å². The Kier molecular flexibility index (Phi) is 3.48.